The van der Waals surface area contributed by atoms with Crippen LogP contribution in [0.25, 0.3) is 0 Å². The number of rotatable bonds is 45. The Morgan fingerprint density at radius 1 is 0.607 bits per heavy atom. The van der Waals surface area contributed by atoms with Crippen LogP contribution in [-0.2, 0) is 74.9 Å². The fourth-order valence-electron chi connectivity index (χ4n) is 11.1. The molecule has 5 amide bonds. The summed E-state index contributed by atoms with van der Waals surface area (Å²) in [7, 11) is -6.32. The zero-order valence-corrected chi connectivity index (χ0v) is 54.2. The van der Waals surface area contributed by atoms with E-state index in [2.05, 4.69) is 16.0 Å². The summed E-state index contributed by atoms with van der Waals surface area (Å²) in [6, 6.07) is -1.97. The number of ketones is 1. The normalized spacial score (nSPS) is 28.3. The van der Waals surface area contributed by atoms with Gasteiger partial charge in [0.15, 0.2) is 18.4 Å². The Morgan fingerprint density at radius 2 is 1.12 bits per heavy atom. The number of likely N-dealkylation sites (tertiary alicyclic amines) is 2. The lowest BCUT2D eigenvalue weighted by molar-refractivity contribution is -0.282. The van der Waals surface area contributed by atoms with Gasteiger partial charge in [-0.25, -0.2) is 0 Å². The summed E-state index contributed by atoms with van der Waals surface area (Å²) in [4.78, 5) is 80.6. The van der Waals surface area contributed by atoms with Crippen LogP contribution in [0.2, 0.25) is 0 Å². The van der Waals surface area contributed by atoms with Gasteiger partial charge in [0, 0.05) is 101 Å². The van der Waals surface area contributed by atoms with Gasteiger partial charge in [-0.05, 0) is 77.0 Å². The zero-order chi connectivity index (χ0) is 65.5. The number of nitrogens with one attached hydrogen (secondary N) is 3. The maximum atomic E-state index is 13.7. The topological polar surface area (TPSA) is 415 Å². The number of carbonyl (C=O) groups excluding carboxylic acids is 6. The van der Waals surface area contributed by atoms with Crippen molar-refractivity contribution in [3.05, 3.63) is 0 Å². The van der Waals surface area contributed by atoms with Crippen LogP contribution in [0.4, 0.5) is 0 Å². The Balaban J connectivity index is 1.19. The maximum Gasteiger partial charge on any atom is 0.697 e. The molecule has 4 aliphatic heterocycles. The molecule has 4 aliphatic rings. The van der Waals surface area contributed by atoms with Gasteiger partial charge < -0.3 is 94.6 Å². The van der Waals surface area contributed by atoms with Gasteiger partial charge in [0.1, 0.15) is 37.1 Å². The summed E-state index contributed by atoms with van der Waals surface area (Å²) in [5, 5.41) is 88.0. The molecule has 11 N–H and O–H groups in total. The Labute approximate surface area is 523 Å². The highest BCUT2D eigenvalue weighted by atomic mass is 31.2. The van der Waals surface area contributed by atoms with E-state index < -0.39 is 120 Å². The van der Waals surface area contributed by atoms with Crippen LogP contribution in [0.1, 0.15) is 156 Å². The number of amides is 5. The first-order valence-electron chi connectivity index (χ1n) is 31.8. The van der Waals surface area contributed by atoms with Gasteiger partial charge in [-0.15, -0.1) is 9.05 Å². The zero-order valence-electron chi connectivity index (χ0n) is 52.4. The molecule has 4 fully saturated rings. The molecule has 0 radical (unpaired) electrons. The van der Waals surface area contributed by atoms with Gasteiger partial charge >= 0.3 is 15.9 Å². The Bertz CT molecular complexity index is 2190. The van der Waals surface area contributed by atoms with Crippen molar-refractivity contribution in [3.8, 4) is 0 Å². The van der Waals surface area contributed by atoms with Gasteiger partial charge in [-0.1, -0.05) is 33.1 Å². The van der Waals surface area contributed by atoms with Crippen LogP contribution in [0.5, 0.6) is 0 Å². The summed E-state index contributed by atoms with van der Waals surface area (Å²) >= 11 is 0. The molecule has 514 valence electrons. The Hall–Kier alpha value is -3.29. The van der Waals surface area contributed by atoms with E-state index in [4.69, 9.17) is 42.1 Å². The number of ether oxygens (including phenoxy) is 4. The number of hydrogen-bond acceptors (Lipinski definition) is 24. The van der Waals surface area contributed by atoms with Gasteiger partial charge in [0.2, 0.25) is 29.5 Å². The quantitative estimate of drug-likeness (QED) is 0.0303. The molecule has 89 heavy (non-hydrogen) atoms. The van der Waals surface area contributed by atoms with E-state index in [-0.39, 0.29) is 133 Å². The number of hydrogen-bond donors (Lipinski definition) is 11. The van der Waals surface area contributed by atoms with Crippen molar-refractivity contribution in [2.45, 2.75) is 235 Å². The monoisotopic (exact) mass is 1320 g/mol. The SMILES string of the molecule is CC(=O)NCCCCCC(=O)N1CC(O[P+](=O)OC[C@@H]2C[C@@H](O)CN2C(=O)CCCCCCC(=O)[C@H](CCCCNC(=O)CCCCOC2OC(CO)C(O)C(O)C2C)NC(=O)CCCCOC2OC(CO)C(O)C(O)C2C)C[C@H]1COP(C)(=O)OCCO. The third-order valence-electron chi connectivity index (χ3n) is 16.4. The molecule has 0 aromatic heterocycles. The molecule has 13 unspecified atom stereocenters. The molecule has 0 aliphatic carbocycles. The molecule has 0 aromatic rings. The second kappa shape index (κ2) is 42.1. The molecule has 4 saturated heterocycles. The minimum atomic E-state index is -3.57. The molecule has 31 heteroatoms. The lowest BCUT2D eigenvalue weighted by Gasteiger charge is -2.40. The fraction of sp³-hybridized carbons (Fsp3) is 0.897. The number of nitrogens with zero attached hydrogens (tertiary/aromatic N) is 2. The van der Waals surface area contributed by atoms with E-state index in [1.807, 2.05) is 0 Å². The van der Waals surface area contributed by atoms with E-state index in [1.54, 1.807) is 13.8 Å². The first kappa shape index (κ1) is 78.2. The maximum absolute atomic E-state index is 13.7. The molecule has 0 saturated carbocycles. The van der Waals surface area contributed by atoms with E-state index in [9.17, 15) is 73.6 Å². The van der Waals surface area contributed by atoms with Crippen LogP contribution >= 0.6 is 15.9 Å². The average Bonchev–Trinajstić information content (AvgIpc) is 2.34. The number of β-amino-alcohol motifs (C(OH)–C–C–N with tert-alkyl or cyclic N) is 1. The van der Waals surface area contributed by atoms with Crippen molar-refractivity contribution >= 4 is 51.2 Å². The number of carbonyl (C=O) groups is 6. The van der Waals surface area contributed by atoms with Crippen LogP contribution in [0, 0.1) is 11.8 Å². The first-order valence-corrected chi connectivity index (χ1v) is 34.9. The Morgan fingerprint density at radius 3 is 1.70 bits per heavy atom. The summed E-state index contributed by atoms with van der Waals surface area (Å²) in [6.07, 6.45) is -1.38. The highest BCUT2D eigenvalue weighted by Crippen LogP contribution is 2.45. The standard InChI is InChI=1S/C58H103N5O24P2/c1-38-53(74)55(76)47(34-65)85-57(38)80-27-16-12-20-49(70)60-25-15-11-18-45(61-50(71)21-13-17-28-81-58-39(2)54(75)56(77)48(35-66)86-58)46(69)19-8-5-6-9-22-51(72)62-32-43(68)30-41(62)36-82-88(78)87-44-31-42(37-84-89(4,79)83-29-26-64)63(33-44)52(73)23-10-7-14-24-59-40(3)67/h38-39,41-45,47-48,53-58,64-66,68,74-77H,5-37H2,1-4H3,(H2-,59,60,61,67,70,71)/p+1/t38?,39?,41-,42-,43+,44?,45-,47?,48?,53?,54?,55?,56?,57?,58?,89?/m0/s1. The van der Waals surface area contributed by atoms with Crippen molar-refractivity contribution in [2.75, 3.05) is 85.7 Å². The molecular formula is C58H104N5O24P2+. The first-order chi connectivity index (χ1) is 42.5. The summed E-state index contributed by atoms with van der Waals surface area (Å²) in [5.41, 5.74) is 0. The largest absolute Gasteiger partial charge is 0.697 e. The molecule has 0 aromatic carbocycles. The van der Waals surface area contributed by atoms with E-state index in [0.29, 0.717) is 103 Å². The lowest BCUT2D eigenvalue weighted by atomic mass is 9.92. The van der Waals surface area contributed by atoms with Crippen molar-refractivity contribution in [2.24, 2.45) is 11.8 Å². The third kappa shape index (κ3) is 28.5. The smallest absolute Gasteiger partial charge is 0.394 e. The summed E-state index contributed by atoms with van der Waals surface area (Å²) < 4.78 is 70.8. The molecular weight excluding hydrogens is 1210 g/mol. The predicted octanol–water partition coefficient (Wildman–Crippen LogP) is 1.36. The summed E-state index contributed by atoms with van der Waals surface area (Å²) in [5.74, 6) is -2.33. The van der Waals surface area contributed by atoms with Crippen molar-refractivity contribution in [1.29, 1.82) is 0 Å². The van der Waals surface area contributed by atoms with Crippen molar-refractivity contribution < 1.29 is 116 Å². The van der Waals surface area contributed by atoms with E-state index in [1.165, 1.54) is 23.4 Å². The molecule has 0 bridgehead atoms. The van der Waals surface area contributed by atoms with Crippen LogP contribution in [0.15, 0.2) is 0 Å². The summed E-state index contributed by atoms with van der Waals surface area (Å²) in [6.45, 7) is 5.47. The highest BCUT2D eigenvalue weighted by molar-refractivity contribution is 7.52. The Kier molecular flexibility index (Phi) is 37.0. The minimum Gasteiger partial charge on any atom is -0.394 e. The molecule has 4 heterocycles. The van der Waals surface area contributed by atoms with Gasteiger partial charge in [-0.2, -0.15) is 0 Å². The molecule has 0 spiro atoms. The molecule has 4 rings (SSSR count). The van der Waals surface area contributed by atoms with Crippen molar-refractivity contribution in [3.63, 3.8) is 0 Å². The second-order valence-electron chi connectivity index (χ2n) is 23.8. The average molecular weight is 1320 g/mol. The second-order valence-corrected chi connectivity index (χ2v) is 26.8. The number of aliphatic hydroxyl groups is 8. The van der Waals surface area contributed by atoms with E-state index >= 15 is 0 Å². The van der Waals surface area contributed by atoms with E-state index in [0.717, 1.165) is 0 Å². The van der Waals surface area contributed by atoms with Crippen LogP contribution in [0.3, 0.4) is 0 Å². The van der Waals surface area contributed by atoms with Crippen molar-refractivity contribution in [1.82, 2.24) is 25.8 Å². The number of unbranched alkanes of at least 4 members (excludes halogenated alkanes) is 8. The third-order valence-corrected chi connectivity index (χ3v) is 18.5. The minimum absolute atomic E-state index is 0.0526. The number of Topliss-reactive ketones (excluding diaryl/α,β-unsaturated/α-hetero) is 1. The highest BCUT2D eigenvalue weighted by Gasteiger charge is 2.45. The predicted molar refractivity (Wildman–Crippen MR) is 319 cm³/mol. The van der Waals surface area contributed by atoms with Gasteiger partial charge in [0.05, 0.1) is 76.0 Å². The fourth-order valence-corrected chi connectivity index (χ4v) is 12.8. The molecule has 29 nitrogen and oxygen atoms in total. The van der Waals surface area contributed by atoms with Gasteiger partial charge in [-0.3, -0.25) is 33.3 Å². The van der Waals surface area contributed by atoms with Crippen LogP contribution < -0.4 is 16.0 Å². The van der Waals surface area contributed by atoms with Gasteiger partial charge in [0.25, 0.3) is 0 Å². The van der Waals surface area contributed by atoms with Crippen LogP contribution in [-0.4, -0.2) is 251 Å². The number of aliphatic hydroxyl groups excluding tert-OH is 8. The lowest BCUT2D eigenvalue weighted by Crippen LogP contribution is -2.55. The molecule has 17 atom stereocenters.